The number of aryl methyl sites for hydroxylation is 1. The first kappa shape index (κ1) is 25.3. The summed E-state index contributed by atoms with van der Waals surface area (Å²) in [5, 5.41) is 6.09. The number of carbonyl (C=O) groups excluding carboxylic acids is 2. The van der Waals surface area contributed by atoms with Gasteiger partial charge < -0.3 is 14.8 Å². The Morgan fingerprint density at radius 3 is 2.59 bits per heavy atom. The maximum Gasteiger partial charge on any atom is 0.322 e. The summed E-state index contributed by atoms with van der Waals surface area (Å²) in [5.74, 6) is 0.294. The second kappa shape index (κ2) is 9.96. The number of carbonyl (C=O) groups is 2. The number of hydrogen-bond donors (Lipinski definition) is 3. The van der Waals surface area contributed by atoms with Crippen molar-refractivity contribution in [3.8, 4) is 5.75 Å². The molecule has 0 bridgehead atoms. The molecule has 2 fully saturated rings. The van der Waals surface area contributed by atoms with E-state index in [0.29, 0.717) is 32.1 Å². The predicted molar refractivity (Wildman–Crippen MR) is 144 cm³/mol. The minimum absolute atomic E-state index is 0.414. The first-order chi connectivity index (χ1) is 18.8. The molecule has 3 aromatic rings. The van der Waals surface area contributed by atoms with Gasteiger partial charge in [0.2, 0.25) is 0 Å². The Morgan fingerprint density at radius 2 is 1.85 bits per heavy atom. The molecular formula is C29H31N5O5. The average molecular weight is 530 g/mol. The highest BCUT2D eigenvalue weighted by molar-refractivity contribution is 6.08. The summed E-state index contributed by atoms with van der Waals surface area (Å²) >= 11 is 0. The molecule has 4 heterocycles. The highest BCUT2D eigenvalue weighted by Gasteiger charge is 2.51. The van der Waals surface area contributed by atoms with Crippen LogP contribution in [0.1, 0.15) is 23.7 Å². The molecule has 0 saturated carbocycles. The van der Waals surface area contributed by atoms with Crippen molar-refractivity contribution < 1.29 is 23.9 Å². The van der Waals surface area contributed by atoms with Crippen LogP contribution in [0.15, 0.2) is 66.4 Å². The number of fused-ring (bicyclic) bond motifs is 1. The van der Waals surface area contributed by atoms with Gasteiger partial charge >= 0.3 is 6.03 Å². The molecule has 39 heavy (non-hydrogen) atoms. The first-order valence-corrected chi connectivity index (χ1v) is 13.0. The highest BCUT2D eigenvalue weighted by Crippen LogP contribution is 2.37. The van der Waals surface area contributed by atoms with Gasteiger partial charge in [0, 0.05) is 36.3 Å². The molecule has 0 aliphatic carbocycles. The van der Waals surface area contributed by atoms with Crippen LogP contribution >= 0.6 is 0 Å². The van der Waals surface area contributed by atoms with Crippen molar-refractivity contribution in [1.82, 2.24) is 26.0 Å². The lowest BCUT2D eigenvalue weighted by atomic mass is 9.88. The summed E-state index contributed by atoms with van der Waals surface area (Å²) in [6, 6.07) is 17.4. The van der Waals surface area contributed by atoms with E-state index in [9.17, 15) is 9.59 Å². The van der Waals surface area contributed by atoms with Crippen LogP contribution in [0.5, 0.6) is 5.75 Å². The van der Waals surface area contributed by atoms with Crippen LogP contribution in [0.2, 0.25) is 0 Å². The highest BCUT2D eigenvalue weighted by atomic mass is 16.7. The smallest absolute Gasteiger partial charge is 0.322 e. The fraction of sp³-hybridized carbons (Fsp3) is 0.345. The largest absolute Gasteiger partial charge is 0.489 e. The fourth-order valence-corrected chi connectivity index (χ4v) is 5.33. The normalized spacial score (nSPS) is 25.2. The quantitative estimate of drug-likeness (QED) is 0.401. The van der Waals surface area contributed by atoms with E-state index >= 15 is 0 Å². The zero-order valence-corrected chi connectivity index (χ0v) is 22.0. The van der Waals surface area contributed by atoms with E-state index in [0.717, 1.165) is 46.6 Å². The Labute approximate surface area is 226 Å². The minimum atomic E-state index is -1.25. The summed E-state index contributed by atoms with van der Waals surface area (Å²) in [6.45, 7) is 7.42. The summed E-state index contributed by atoms with van der Waals surface area (Å²) in [5.41, 5.74) is 5.15. The maximum absolute atomic E-state index is 12.6. The van der Waals surface area contributed by atoms with Crippen molar-refractivity contribution in [3.05, 3.63) is 83.2 Å². The second-order valence-corrected chi connectivity index (χ2v) is 10.3. The zero-order valence-electron chi connectivity index (χ0n) is 22.0. The number of morpholine rings is 1. The number of hydrogen-bond acceptors (Lipinski definition) is 8. The number of nitrogens with one attached hydrogen (secondary N) is 3. The zero-order chi connectivity index (χ0) is 27.0. The monoisotopic (exact) mass is 529 g/mol. The van der Waals surface area contributed by atoms with Crippen molar-refractivity contribution in [2.24, 2.45) is 0 Å². The van der Waals surface area contributed by atoms with Crippen molar-refractivity contribution in [3.63, 3.8) is 0 Å². The number of hydroxylamine groups is 1. The third kappa shape index (κ3) is 4.82. The van der Waals surface area contributed by atoms with Gasteiger partial charge in [0.15, 0.2) is 11.1 Å². The van der Waals surface area contributed by atoms with Gasteiger partial charge in [0.1, 0.15) is 12.4 Å². The molecule has 3 amide bonds. The van der Waals surface area contributed by atoms with Crippen molar-refractivity contribution in [2.45, 2.75) is 31.6 Å². The molecule has 2 atom stereocenters. The Bertz CT molecular complexity index is 1450. The van der Waals surface area contributed by atoms with E-state index in [-0.39, 0.29) is 0 Å². The van der Waals surface area contributed by atoms with Crippen LogP contribution in [-0.4, -0.2) is 60.2 Å². The Morgan fingerprint density at radius 1 is 1.08 bits per heavy atom. The molecule has 2 unspecified atom stereocenters. The lowest BCUT2D eigenvalue weighted by Gasteiger charge is -2.35. The molecule has 3 aliphatic heterocycles. The topological polar surface area (TPSA) is 114 Å². The molecule has 6 rings (SSSR count). The molecule has 10 nitrogen and oxygen atoms in total. The van der Waals surface area contributed by atoms with E-state index in [2.05, 4.69) is 38.1 Å². The van der Waals surface area contributed by atoms with E-state index in [1.165, 1.54) is 0 Å². The van der Waals surface area contributed by atoms with Gasteiger partial charge in [-0.3, -0.25) is 30.3 Å². The van der Waals surface area contributed by atoms with E-state index in [1.54, 1.807) is 6.92 Å². The number of urea groups is 1. The molecule has 1 aromatic heterocycles. The summed E-state index contributed by atoms with van der Waals surface area (Å²) in [6.07, 6.45) is 1.90. The molecule has 0 radical (unpaired) electrons. The SMILES string of the molecule is Cc1cc(COc2ccc(C3(CN4CCOCC4)C=C(C4(C)NC(=O)NC4=O)NO3)cc2)c2ccccc2n1. The van der Waals surface area contributed by atoms with Gasteiger partial charge in [0.25, 0.3) is 5.91 Å². The number of amides is 3. The maximum atomic E-state index is 12.6. The van der Waals surface area contributed by atoms with Crippen LogP contribution in [0.3, 0.4) is 0 Å². The van der Waals surface area contributed by atoms with Crippen molar-refractivity contribution >= 4 is 22.8 Å². The standard InChI is InChI=1S/C29H31N5O5/c1-19-15-20(23-5-3-4-6-24(23)30-19)17-38-22-9-7-21(8-10-22)29(18-34-11-13-37-14-12-34)16-25(33-39-29)28(2)26(35)31-27(36)32-28/h3-10,15-16,33H,11-14,17-18H2,1-2H3,(H2,31,32,35,36). The van der Waals surface area contributed by atoms with Crippen molar-refractivity contribution in [1.29, 1.82) is 0 Å². The average Bonchev–Trinajstić information content (AvgIpc) is 3.49. The van der Waals surface area contributed by atoms with Gasteiger partial charge in [-0.25, -0.2) is 4.79 Å². The number of benzene rings is 2. The van der Waals surface area contributed by atoms with E-state index < -0.39 is 23.1 Å². The fourth-order valence-electron chi connectivity index (χ4n) is 5.33. The van der Waals surface area contributed by atoms with Crippen LogP contribution in [-0.2, 0) is 26.6 Å². The molecule has 3 aliphatic rings. The molecule has 202 valence electrons. The summed E-state index contributed by atoms with van der Waals surface area (Å²) < 4.78 is 11.7. The molecule has 2 aromatic carbocycles. The molecule has 0 spiro atoms. The summed E-state index contributed by atoms with van der Waals surface area (Å²) in [4.78, 5) is 37.6. The first-order valence-electron chi connectivity index (χ1n) is 13.0. The van der Waals surface area contributed by atoms with Gasteiger partial charge in [0.05, 0.1) is 24.4 Å². The Kier molecular flexibility index (Phi) is 6.46. The van der Waals surface area contributed by atoms with Crippen LogP contribution in [0.25, 0.3) is 10.9 Å². The minimum Gasteiger partial charge on any atom is -0.489 e. The van der Waals surface area contributed by atoms with Gasteiger partial charge in [-0.15, -0.1) is 0 Å². The lowest BCUT2D eigenvalue weighted by Crippen LogP contribution is -2.48. The number of ether oxygens (including phenoxy) is 2. The van der Waals surface area contributed by atoms with Gasteiger partial charge in [-0.05, 0) is 49.8 Å². The Balaban J connectivity index is 1.26. The van der Waals surface area contributed by atoms with Crippen LogP contribution in [0, 0.1) is 6.92 Å². The predicted octanol–water partition coefficient (Wildman–Crippen LogP) is 2.67. The molecule has 2 saturated heterocycles. The molecular weight excluding hydrogens is 498 g/mol. The number of aromatic nitrogens is 1. The van der Waals surface area contributed by atoms with Crippen molar-refractivity contribution in [2.75, 3.05) is 32.8 Å². The Hall–Kier alpha value is -3.99. The van der Waals surface area contributed by atoms with E-state index in [4.69, 9.17) is 14.3 Å². The van der Waals surface area contributed by atoms with Crippen LogP contribution < -0.4 is 20.9 Å². The number of para-hydroxylation sites is 1. The second-order valence-electron chi connectivity index (χ2n) is 10.3. The number of nitrogens with zero attached hydrogens (tertiary/aromatic N) is 2. The third-order valence-electron chi connectivity index (χ3n) is 7.53. The number of rotatable bonds is 7. The molecule has 3 N–H and O–H groups in total. The lowest BCUT2D eigenvalue weighted by molar-refractivity contribution is -0.123. The van der Waals surface area contributed by atoms with Gasteiger partial charge in [-0.1, -0.05) is 30.3 Å². The van der Waals surface area contributed by atoms with Crippen LogP contribution in [0.4, 0.5) is 4.79 Å². The molecule has 10 heteroatoms. The van der Waals surface area contributed by atoms with E-state index in [1.807, 2.05) is 55.5 Å². The number of pyridine rings is 1. The van der Waals surface area contributed by atoms with Gasteiger partial charge in [-0.2, -0.15) is 0 Å². The third-order valence-corrected chi connectivity index (χ3v) is 7.53. The number of imide groups is 1. The summed E-state index contributed by atoms with van der Waals surface area (Å²) in [7, 11) is 0.